The van der Waals surface area contributed by atoms with Gasteiger partial charge in [-0.3, -0.25) is 0 Å². The van der Waals surface area contributed by atoms with Crippen LogP contribution in [0.5, 0.6) is 0 Å². The Morgan fingerprint density at radius 1 is 1.54 bits per heavy atom. The van der Waals surface area contributed by atoms with Gasteiger partial charge in [-0.1, -0.05) is 11.6 Å². The molecule has 1 atom stereocenters. The smallest absolute Gasteiger partial charge is 0.0204 e. The third-order valence-electron chi connectivity index (χ3n) is 3.07. The van der Waals surface area contributed by atoms with Gasteiger partial charge in [-0.2, -0.15) is 0 Å². The lowest BCUT2D eigenvalue weighted by Gasteiger charge is -2.10. The number of rotatable bonds is 4. The molecule has 0 aromatic heterocycles. The first-order valence-corrected chi connectivity index (χ1v) is 5.57. The first kappa shape index (κ1) is 9.22. The van der Waals surface area contributed by atoms with E-state index in [-0.39, 0.29) is 0 Å². The predicted molar refractivity (Wildman–Crippen MR) is 55.8 cm³/mol. The summed E-state index contributed by atoms with van der Waals surface area (Å²) in [7, 11) is 0. The van der Waals surface area contributed by atoms with Crippen LogP contribution in [0.1, 0.15) is 32.1 Å². The van der Waals surface area contributed by atoms with Gasteiger partial charge in [-0.15, -0.1) is 0 Å². The zero-order valence-corrected chi connectivity index (χ0v) is 8.31. The van der Waals surface area contributed by atoms with Gasteiger partial charge in [0.1, 0.15) is 0 Å². The van der Waals surface area contributed by atoms with Crippen LogP contribution in [0.4, 0.5) is 0 Å². The minimum Gasteiger partial charge on any atom is -0.315 e. The van der Waals surface area contributed by atoms with Crippen LogP contribution in [0.15, 0.2) is 11.6 Å². The molecule has 0 radical (unpaired) electrons. The summed E-state index contributed by atoms with van der Waals surface area (Å²) in [4.78, 5) is 0. The third-order valence-corrected chi connectivity index (χ3v) is 3.07. The minimum atomic E-state index is 0.738. The Hall–Kier alpha value is -0.340. The summed E-state index contributed by atoms with van der Waals surface area (Å²) in [5.74, 6) is 0. The molecule has 0 aromatic rings. The van der Waals surface area contributed by atoms with Crippen molar-refractivity contribution in [2.45, 2.75) is 38.1 Å². The molecule has 2 aliphatic rings. The fourth-order valence-electron chi connectivity index (χ4n) is 2.23. The molecule has 2 N–H and O–H groups in total. The molecular weight excluding hydrogens is 160 g/mol. The number of allylic oxidation sites excluding steroid dienone is 1. The molecule has 13 heavy (non-hydrogen) atoms. The van der Waals surface area contributed by atoms with Gasteiger partial charge in [0.05, 0.1) is 0 Å². The number of hydrogen-bond donors (Lipinski definition) is 2. The van der Waals surface area contributed by atoms with Crippen LogP contribution >= 0.6 is 0 Å². The van der Waals surface area contributed by atoms with Crippen LogP contribution in [0.25, 0.3) is 0 Å². The topological polar surface area (TPSA) is 24.1 Å². The molecule has 0 aromatic carbocycles. The van der Waals surface area contributed by atoms with E-state index in [1.54, 1.807) is 5.57 Å². The zero-order chi connectivity index (χ0) is 8.93. The molecule has 0 saturated carbocycles. The molecule has 2 nitrogen and oxygen atoms in total. The molecule has 1 fully saturated rings. The second-order valence-corrected chi connectivity index (χ2v) is 4.15. The average molecular weight is 180 g/mol. The summed E-state index contributed by atoms with van der Waals surface area (Å²) in [5.41, 5.74) is 1.68. The highest BCUT2D eigenvalue weighted by Gasteiger charge is 2.13. The Kier molecular flexibility index (Phi) is 3.39. The highest BCUT2D eigenvalue weighted by molar-refractivity contribution is 5.07. The lowest BCUT2D eigenvalue weighted by molar-refractivity contribution is 0.547. The average Bonchev–Trinajstić information content (AvgIpc) is 2.75. The molecule has 0 bridgehead atoms. The fourth-order valence-corrected chi connectivity index (χ4v) is 2.23. The summed E-state index contributed by atoms with van der Waals surface area (Å²) >= 11 is 0. The largest absolute Gasteiger partial charge is 0.315 e. The third kappa shape index (κ3) is 2.82. The van der Waals surface area contributed by atoms with E-state index in [1.165, 1.54) is 51.7 Å². The van der Waals surface area contributed by atoms with Gasteiger partial charge in [-0.25, -0.2) is 0 Å². The Bertz CT molecular complexity index is 181. The Morgan fingerprint density at radius 3 is 3.23 bits per heavy atom. The van der Waals surface area contributed by atoms with Crippen molar-refractivity contribution in [2.75, 3.05) is 19.6 Å². The van der Waals surface area contributed by atoms with Crippen molar-refractivity contribution in [3.05, 3.63) is 11.6 Å². The van der Waals surface area contributed by atoms with E-state index in [9.17, 15) is 0 Å². The van der Waals surface area contributed by atoms with E-state index in [2.05, 4.69) is 16.7 Å². The maximum absolute atomic E-state index is 3.61. The van der Waals surface area contributed by atoms with E-state index >= 15 is 0 Å². The Labute approximate surface area is 80.8 Å². The van der Waals surface area contributed by atoms with Gasteiger partial charge in [-0.05, 0) is 45.2 Å². The second-order valence-electron chi connectivity index (χ2n) is 4.15. The predicted octanol–water partition coefficient (Wildman–Crippen LogP) is 1.44. The van der Waals surface area contributed by atoms with E-state index in [0.29, 0.717) is 0 Å². The number of nitrogens with one attached hydrogen (secondary N) is 2. The Morgan fingerprint density at radius 2 is 2.54 bits per heavy atom. The van der Waals surface area contributed by atoms with Crippen LogP contribution in [0.3, 0.4) is 0 Å². The van der Waals surface area contributed by atoms with Gasteiger partial charge >= 0.3 is 0 Å². The quantitative estimate of drug-likeness (QED) is 0.640. The zero-order valence-electron chi connectivity index (χ0n) is 8.31. The molecule has 1 saturated heterocycles. The van der Waals surface area contributed by atoms with Crippen LogP contribution in [0, 0.1) is 0 Å². The van der Waals surface area contributed by atoms with E-state index in [0.717, 1.165) is 6.04 Å². The molecule has 1 unspecified atom stereocenters. The lowest BCUT2D eigenvalue weighted by Crippen LogP contribution is -2.31. The van der Waals surface area contributed by atoms with Gasteiger partial charge in [0.15, 0.2) is 0 Å². The maximum Gasteiger partial charge on any atom is 0.0204 e. The van der Waals surface area contributed by atoms with Crippen molar-refractivity contribution < 1.29 is 0 Å². The van der Waals surface area contributed by atoms with Crippen LogP contribution in [0.2, 0.25) is 0 Å². The first-order valence-electron chi connectivity index (χ1n) is 5.57. The number of hydrogen-bond acceptors (Lipinski definition) is 2. The SMILES string of the molecule is C1=C(CCNC2CCNC2)CCC1. The molecular formula is C11H20N2. The van der Waals surface area contributed by atoms with Crippen molar-refractivity contribution >= 4 is 0 Å². The molecule has 2 heteroatoms. The fraction of sp³-hybridized carbons (Fsp3) is 0.818. The molecule has 1 aliphatic heterocycles. The summed E-state index contributed by atoms with van der Waals surface area (Å²) in [6, 6.07) is 0.738. The van der Waals surface area contributed by atoms with Crippen molar-refractivity contribution in [1.82, 2.24) is 10.6 Å². The van der Waals surface area contributed by atoms with Gasteiger partial charge in [0.2, 0.25) is 0 Å². The summed E-state index contributed by atoms with van der Waals surface area (Å²) in [6.07, 6.45) is 9.06. The minimum absolute atomic E-state index is 0.738. The molecule has 0 spiro atoms. The van der Waals surface area contributed by atoms with Crippen molar-refractivity contribution in [2.24, 2.45) is 0 Å². The van der Waals surface area contributed by atoms with Crippen molar-refractivity contribution in [3.63, 3.8) is 0 Å². The van der Waals surface area contributed by atoms with Crippen LogP contribution < -0.4 is 10.6 Å². The standard InChI is InChI=1S/C11H20N2/c1-2-4-10(3-1)5-8-13-11-6-7-12-9-11/h3,11-13H,1-2,4-9H2. The molecule has 0 amide bonds. The molecule has 2 rings (SSSR count). The highest BCUT2D eigenvalue weighted by Crippen LogP contribution is 2.19. The molecule has 1 heterocycles. The van der Waals surface area contributed by atoms with Crippen LogP contribution in [-0.2, 0) is 0 Å². The lowest BCUT2D eigenvalue weighted by atomic mass is 10.1. The molecule has 74 valence electrons. The van der Waals surface area contributed by atoms with E-state index in [4.69, 9.17) is 0 Å². The van der Waals surface area contributed by atoms with Gasteiger partial charge < -0.3 is 10.6 Å². The van der Waals surface area contributed by atoms with Gasteiger partial charge in [0.25, 0.3) is 0 Å². The summed E-state index contributed by atoms with van der Waals surface area (Å²) in [5, 5.41) is 6.98. The second kappa shape index (κ2) is 4.77. The summed E-state index contributed by atoms with van der Waals surface area (Å²) in [6.45, 7) is 3.54. The van der Waals surface area contributed by atoms with E-state index < -0.39 is 0 Å². The highest BCUT2D eigenvalue weighted by atomic mass is 15.0. The van der Waals surface area contributed by atoms with Crippen LogP contribution in [-0.4, -0.2) is 25.7 Å². The Balaban J connectivity index is 1.57. The maximum atomic E-state index is 3.61. The summed E-state index contributed by atoms with van der Waals surface area (Å²) < 4.78 is 0. The molecule has 1 aliphatic carbocycles. The monoisotopic (exact) mass is 180 g/mol. The van der Waals surface area contributed by atoms with Gasteiger partial charge in [0, 0.05) is 12.6 Å². The first-order chi connectivity index (χ1) is 6.45. The van der Waals surface area contributed by atoms with Crippen molar-refractivity contribution in [1.29, 1.82) is 0 Å². The van der Waals surface area contributed by atoms with Crippen molar-refractivity contribution in [3.8, 4) is 0 Å². The normalized spacial score (nSPS) is 28.0. The van der Waals surface area contributed by atoms with E-state index in [1.807, 2.05) is 0 Å².